The Labute approximate surface area is 70.7 Å². The minimum atomic E-state index is -0.586. The van der Waals surface area contributed by atoms with Crippen LogP contribution in [0.1, 0.15) is 13.3 Å². The first kappa shape index (κ1) is 8.77. The van der Waals surface area contributed by atoms with Crippen LogP contribution in [0.3, 0.4) is 0 Å². The van der Waals surface area contributed by atoms with Crippen LogP contribution in [0, 0.1) is 5.92 Å². The molecule has 1 saturated heterocycles. The lowest BCUT2D eigenvalue weighted by molar-refractivity contribution is -0.189. The van der Waals surface area contributed by atoms with Gasteiger partial charge in [-0.05, 0) is 6.42 Å². The third kappa shape index (κ3) is 1.64. The molecule has 1 heterocycles. The fourth-order valence-electron chi connectivity index (χ4n) is 1.03. The molecule has 1 aliphatic heterocycles. The highest BCUT2D eigenvalue weighted by Crippen LogP contribution is 2.16. The Hall–Kier alpha value is -1.32. The molecular weight excluding hydrogens is 158 g/mol. The van der Waals surface area contributed by atoms with Crippen molar-refractivity contribution in [1.82, 2.24) is 5.06 Å². The molecule has 0 radical (unpaired) electrons. The first-order valence-corrected chi connectivity index (χ1v) is 3.81. The predicted molar refractivity (Wildman–Crippen MR) is 41.8 cm³/mol. The van der Waals surface area contributed by atoms with Gasteiger partial charge < -0.3 is 4.84 Å². The van der Waals surface area contributed by atoms with Gasteiger partial charge in [-0.3, -0.25) is 4.79 Å². The molecule has 4 heteroatoms. The van der Waals surface area contributed by atoms with Crippen molar-refractivity contribution in [3.63, 3.8) is 0 Å². The fourth-order valence-corrected chi connectivity index (χ4v) is 1.03. The van der Waals surface area contributed by atoms with Crippen molar-refractivity contribution in [3.8, 4) is 0 Å². The molecule has 1 unspecified atom stereocenters. The molecule has 0 bridgehead atoms. The van der Waals surface area contributed by atoms with E-state index < -0.39 is 5.97 Å². The Bertz CT molecular complexity index is 224. The van der Waals surface area contributed by atoms with Gasteiger partial charge in [-0.25, -0.2) is 4.79 Å². The second-order valence-electron chi connectivity index (χ2n) is 2.74. The summed E-state index contributed by atoms with van der Waals surface area (Å²) < 4.78 is 0. The lowest BCUT2D eigenvalue weighted by Gasteiger charge is -2.12. The van der Waals surface area contributed by atoms with Crippen molar-refractivity contribution in [2.75, 3.05) is 6.54 Å². The molecule has 4 nitrogen and oxygen atoms in total. The van der Waals surface area contributed by atoms with Crippen LogP contribution in [0.25, 0.3) is 0 Å². The van der Waals surface area contributed by atoms with Gasteiger partial charge >= 0.3 is 5.97 Å². The van der Waals surface area contributed by atoms with Gasteiger partial charge in [0.1, 0.15) is 0 Å². The van der Waals surface area contributed by atoms with Crippen LogP contribution < -0.4 is 0 Å². The van der Waals surface area contributed by atoms with Crippen molar-refractivity contribution in [2.24, 2.45) is 5.92 Å². The van der Waals surface area contributed by atoms with E-state index in [4.69, 9.17) is 0 Å². The van der Waals surface area contributed by atoms with Crippen molar-refractivity contribution in [3.05, 3.63) is 12.7 Å². The molecule has 1 aliphatic rings. The van der Waals surface area contributed by atoms with Gasteiger partial charge in [-0.2, -0.15) is 5.06 Å². The highest BCUT2D eigenvalue weighted by Gasteiger charge is 2.30. The van der Waals surface area contributed by atoms with Gasteiger partial charge in [0, 0.05) is 12.0 Å². The molecule has 0 aliphatic carbocycles. The van der Waals surface area contributed by atoms with Gasteiger partial charge in [0.25, 0.3) is 5.91 Å². The third-order valence-corrected chi connectivity index (χ3v) is 1.80. The maximum Gasteiger partial charge on any atom is 0.355 e. The summed E-state index contributed by atoms with van der Waals surface area (Å²) in [5, 5.41) is 1.09. The first-order valence-electron chi connectivity index (χ1n) is 3.81. The molecule has 66 valence electrons. The van der Waals surface area contributed by atoms with E-state index in [0.717, 1.165) is 17.6 Å². The monoisotopic (exact) mass is 169 g/mol. The molecule has 0 aromatic heterocycles. The van der Waals surface area contributed by atoms with E-state index in [0.29, 0.717) is 6.54 Å². The van der Waals surface area contributed by atoms with Crippen LogP contribution in [0.4, 0.5) is 0 Å². The highest BCUT2D eigenvalue weighted by molar-refractivity contribution is 5.85. The number of rotatable bonds is 2. The largest absolute Gasteiger partial charge is 0.355 e. The number of amides is 1. The predicted octanol–water partition coefficient (Wildman–Crippen LogP) is 0.499. The van der Waals surface area contributed by atoms with E-state index in [2.05, 4.69) is 11.4 Å². The van der Waals surface area contributed by atoms with E-state index in [1.54, 1.807) is 0 Å². The van der Waals surface area contributed by atoms with Crippen LogP contribution in [0.15, 0.2) is 12.7 Å². The van der Waals surface area contributed by atoms with Crippen molar-refractivity contribution in [2.45, 2.75) is 13.3 Å². The van der Waals surface area contributed by atoms with E-state index in [1.165, 1.54) is 0 Å². The smallest absolute Gasteiger partial charge is 0.333 e. The molecule has 1 rings (SSSR count). The maximum atomic E-state index is 11.2. The lowest BCUT2D eigenvalue weighted by Crippen LogP contribution is -2.29. The topological polar surface area (TPSA) is 46.6 Å². The molecule has 12 heavy (non-hydrogen) atoms. The quantitative estimate of drug-likeness (QED) is 0.565. The van der Waals surface area contributed by atoms with E-state index in [9.17, 15) is 9.59 Å². The summed E-state index contributed by atoms with van der Waals surface area (Å²) in [6.45, 7) is 5.53. The maximum absolute atomic E-state index is 11.2. The van der Waals surface area contributed by atoms with Crippen LogP contribution in [-0.4, -0.2) is 23.5 Å². The SMILES string of the molecule is C=CC(=O)ON1CCC(C)C1=O. The molecule has 0 aromatic carbocycles. The van der Waals surface area contributed by atoms with Gasteiger partial charge in [0.15, 0.2) is 0 Å². The molecule has 1 amide bonds. The summed E-state index contributed by atoms with van der Waals surface area (Å²) in [6, 6.07) is 0. The van der Waals surface area contributed by atoms with Crippen LogP contribution in [0.2, 0.25) is 0 Å². The minimum Gasteiger partial charge on any atom is -0.333 e. The number of carbonyl (C=O) groups excluding carboxylic acids is 2. The van der Waals surface area contributed by atoms with E-state index in [1.807, 2.05) is 6.92 Å². The summed E-state index contributed by atoms with van der Waals surface area (Å²) in [6.07, 6.45) is 1.78. The highest BCUT2D eigenvalue weighted by atomic mass is 16.7. The molecular formula is C8H11NO3. The van der Waals surface area contributed by atoms with Gasteiger partial charge in [-0.1, -0.05) is 13.5 Å². The summed E-state index contributed by atoms with van der Waals surface area (Å²) >= 11 is 0. The standard InChI is InChI=1S/C8H11NO3/c1-3-7(10)12-9-5-4-6(2)8(9)11/h3,6H,1,4-5H2,2H3. The number of carbonyl (C=O) groups is 2. The second kappa shape index (κ2) is 3.38. The van der Waals surface area contributed by atoms with Crippen molar-refractivity contribution >= 4 is 11.9 Å². The molecule has 0 spiro atoms. The molecule has 1 atom stereocenters. The molecule has 0 saturated carbocycles. The van der Waals surface area contributed by atoms with Crippen LogP contribution >= 0.6 is 0 Å². The van der Waals surface area contributed by atoms with Crippen LogP contribution in [0.5, 0.6) is 0 Å². The zero-order valence-electron chi connectivity index (χ0n) is 6.95. The van der Waals surface area contributed by atoms with Gasteiger partial charge in [-0.15, -0.1) is 0 Å². The summed E-state index contributed by atoms with van der Waals surface area (Å²) in [5.74, 6) is -0.759. The zero-order valence-corrected chi connectivity index (χ0v) is 6.95. The Kier molecular flexibility index (Phi) is 2.47. The second-order valence-corrected chi connectivity index (χ2v) is 2.74. The van der Waals surface area contributed by atoms with Gasteiger partial charge in [0.2, 0.25) is 0 Å². The van der Waals surface area contributed by atoms with Crippen LogP contribution in [-0.2, 0) is 14.4 Å². The Morgan fingerprint density at radius 3 is 2.92 bits per heavy atom. The van der Waals surface area contributed by atoms with Crippen molar-refractivity contribution in [1.29, 1.82) is 0 Å². The summed E-state index contributed by atoms with van der Waals surface area (Å²) in [4.78, 5) is 26.5. The zero-order chi connectivity index (χ0) is 9.14. The Balaban J connectivity index is 2.49. The third-order valence-electron chi connectivity index (χ3n) is 1.80. The summed E-state index contributed by atoms with van der Waals surface area (Å²) in [5.41, 5.74) is 0. The van der Waals surface area contributed by atoms with Gasteiger partial charge in [0.05, 0.1) is 6.54 Å². The number of hydroxylamine groups is 2. The van der Waals surface area contributed by atoms with Crippen molar-refractivity contribution < 1.29 is 14.4 Å². The number of nitrogens with zero attached hydrogens (tertiary/aromatic N) is 1. The first-order chi connectivity index (χ1) is 5.65. The minimum absolute atomic E-state index is 0.0392. The number of hydrogen-bond donors (Lipinski definition) is 0. The molecule has 0 aromatic rings. The Morgan fingerprint density at radius 1 is 1.83 bits per heavy atom. The summed E-state index contributed by atoms with van der Waals surface area (Å²) in [7, 11) is 0. The molecule has 1 fully saturated rings. The Morgan fingerprint density at radius 2 is 2.50 bits per heavy atom. The lowest BCUT2D eigenvalue weighted by atomic mass is 10.1. The normalized spacial score (nSPS) is 22.6. The fraction of sp³-hybridized carbons (Fsp3) is 0.500. The molecule has 0 N–H and O–H groups in total. The van der Waals surface area contributed by atoms with E-state index >= 15 is 0 Å². The number of hydrogen-bond acceptors (Lipinski definition) is 3. The van der Waals surface area contributed by atoms with E-state index in [-0.39, 0.29) is 11.8 Å². The average Bonchev–Trinajstić information content (AvgIpc) is 2.36. The average molecular weight is 169 g/mol.